The highest BCUT2D eigenvalue weighted by molar-refractivity contribution is 4.81. The molecule has 2 fully saturated rings. The molecule has 0 aromatic rings. The van der Waals surface area contributed by atoms with Gasteiger partial charge in [0.1, 0.15) is 0 Å². The van der Waals surface area contributed by atoms with E-state index in [1.807, 2.05) is 0 Å². The van der Waals surface area contributed by atoms with Crippen molar-refractivity contribution in [1.29, 1.82) is 0 Å². The Hall–Kier alpha value is -0.260. The standard InChI is InChI=1S/2C12H22/c1-3-7-11(8-4-1)12-9-5-2-6-10-12;1-2-4-6-8-10-12-11-9-7-5-3-1/h11-12H,1-10H2;1-2H,3-12H2/b;2-1+. The first-order valence-corrected chi connectivity index (χ1v) is 11.6. The van der Waals surface area contributed by atoms with E-state index in [-0.39, 0.29) is 0 Å². The summed E-state index contributed by atoms with van der Waals surface area (Å²) >= 11 is 0. The Morgan fingerprint density at radius 3 is 1.00 bits per heavy atom. The third-order valence-corrected chi connectivity index (χ3v) is 6.62. The minimum absolute atomic E-state index is 1.14. The van der Waals surface area contributed by atoms with Crippen LogP contribution < -0.4 is 0 Å². The predicted octanol–water partition coefficient (Wildman–Crippen LogP) is 8.60. The molecule has 0 unspecified atom stereocenters. The molecule has 0 heteroatoms. The van der Waals surface area contributed by atoms with Crippen LogP contribution >= 0.6 is 0 Å². The Kier molecular flexibility index (Phi) is 11.7. The third-order valence-electron chi connectivity index (χ3n) is 6.62. The lowest BCUT2D eigenvalue weighted by Gasteiger charge is -2.32. The number of hydrogen-bond acceptors (Lipinski definition) is 0. The van der Waals surface area contributed by atoms with Gasteiger partial charge in [-0.25, -0.2) is 0 Å². The van der Waals surface area contributed by atoms with E-state index in [0.717, 1.165) is 11.8 Å². The van der Waals surface area contributed by atoms with Gasteiger partial charge in [0.2, 0.25) is 0 Å². The van der Waals surface area contributed by atoms with Gasteiger partial charge in [0.25, 0.3) is 0 Å². The average molecular weight is 333 g/mol. The van der Waals surface area contributed by atoms with E-state index in [0.29, 0.717) is 0 Å². The van der Waals surface area contributed by atoms with Gasteiger partial charge in [-0.1, -0.05) is 115 Å². The van der Waals surface area contributed by atoms with Gasteiger partial charge in [0.15, 0.2) is 0 Å². The fraction of sp³-hybridized carbons (Fsp3) is 0.917. The van der Waals surface area contributed by atoms with Crippen molar-refractivity contribution < 1.29 is 0 Å². The zero-order valence-corrected chi connectivity index (χ0v) is 16.5. The summed E-state index contributed by atoms with van der Waals surface area (Å²) in [5.74, 6) is 2.28. The highest BCUT2D eigenvalue weighted by Gasteiger charge is 2.24. The minimum atomic E-state index is 1.14. The van der Waals surface area contributed by atoms with Gasteiger partial charge in [0, 0.05) is 0 Å². The summed E-state index contributed by atoms with van der Waals surface area (Å²) in [6.45, 7) is 0. The first-order chi connectivity index (χ1) is 12.0. The van der Waals surface area contributed by atoms with E-state index in [1.165, 1.54) is 103 Å². The molecule has 0 bridgehead atoms. The summed E-state index contributed by atoms with van der Waals surface area (Å²) in [4.78, 5) is 0. The van der Waals surface area contributed by atoms with E-state index in [2.05, 4.69) is 12.2 Å². The second kappa shape index (κ2) is 14.0. The van der Waals surface area contributed by atoms with Crippen LogP contribution in [0.15, 0.2) is 12.2 Å². The van der Waals surface area contributed by atoms with Gasteiger partial charge >= 0.3 is 0 Å². The SMILES string of the molecule is C1=C/CCCCCCCCCC/1.C1CCC(C2CCCCC2)CC1. The van der Waals surface area contributed by atoms with Crippen LogP contribution in [-0.4, -0.2) is 0 Å². The lowest BCUT2D eigenvalue weighted by Crippen LogP contribution is -2.20. The molecule has 0 atom stereocenters. The van der Waals surface area contributed by atoms with Crippen LogP contribution in [0.1, 0.15) is 128 Å². The Bertz CT molecular complexity index is 261. The predicted molar refractivity (Wildman–Crippen MR) is 108 cm³/mol. The lowest BCUT2D eigenvalue weighted by atomic mass is 9.73. The average Bonchev–Trinajstić information content (AvgIpc) is 2.64. The molecule has 0 aromatic carbocycles. The summed E-state index contributed by atoms with van der Waals surface area (Å²) in [5, 5.41) is 0. The number of rotatable bonds is 1. The topological polar surface area (TPSA) is 0 Å². The van der Waals surface area contributed by atoms with Crippen LogP contribution in [0, 0.1) is 11.8 Å². The molecular weight excluding hydrogens is 288 g/mol. The number of allylic oxidation sites excluding steroid dienone is 2. The molecule has 0 N–H and O–H groups in total. The molecule has 0 radical (unpaired) electrons. The maximum Gasteiger partial charge on any atom is -0.0351 e. The van der Waals surface area contributed by atoms with Crippen molar-refractivity contribution in [2.45, 2.75) is 128 Å². The van der Waals surface area contributed by atoms with Gasteiger partial charge in [0.05, 0.1) is 0 Å². The second-order valence-electron chi connectivity index (χ2n) is 8.67. The first-order valence-electron chi connectivity index (χ1n) is 11.6. The zero-order chi connectivity index (χ0) is 16.7. The zero-order valence-electron chi connectivity index (χ0n) is 16.5. The summed E-state index contributed by atoms with van der Waals surface area (Å²) in [7, 11) is 0. The molecule has 3 aliphatic rings. The molecule has 0 spiro atoms. The largest absolute Gasteiger partial charge is 0.0885 e. The Labute approximate surface area is 152 Å². The Balaban J connectivity index is 0.000000174. The minimum Gasteiger partial charge on any atom is -0.0885 e. The summed E-state index contributed by atoms with van der Waals surface area (Å²) in [6, 6.07) is 0. The highest BCUT2D eigenvalue weighted by Crippen LogP contribution is 2.37. The van der Waals surface area contributed by atoms with Crippen LogP contribution in [0.4, 0.5) is 0 Å². The molecule has 0 nitrogen and oxygen atoms in total. The fourth-order valence-electron chi connectivity index (χ4n) is 5.03. The Morgan fingerprint density at radius 2 is 0.625 bits per heavy atom. The van der Waals surface area contributed by atoms with E-state index in [4.69, 9.17) is 0 Å². The van der Waals surface area contributed by atoms with Gasteiger partial charge < -0.3 is 0 Å². The van der Waals surface area contributed by atoms with Crippen molar-refractivity contribution in [3.63, 3.8) is 0 Å². The van der Waals surface area contributed by atoms with Crippen molar-refractivity contribution in [3.05, 3.63) is 12.2 Å². The van der Waals surface area contributed by atoms with Crippen LogP contribution in [0.25, 0.3) is 0 Å². The molecule has 0 aromatic heterocycles. The Morgan fingerprint density at radius 1 is 0.333 bits per heavy atom. The van der Waals surface area contributed by atoms with Gasteiger partial charge in [-0.05, 0) is 37.5 Å². The van der Waals surface area contributed by atoms with Gasteiger partial charge in [-0.2, -0.15) is 0 Å². The van der Waals surface area contributed by atoms with E-state index in [1.54, 1.807) is 25.7 Å². The molecule has 0 heterocycles. The summed E-state index contributed by atoms with van der Waals surface area (Å²) in [6.07, 6.45) is 34.4. The molecule has 140 valence electrons. The van der Waals surface area contributed by atoms with E-state index in [9.17, 15) is 0 Å². The quantitative estimate of drug-likeness (QED) is 0.422. The second-order valence-corrected chi connectivity index (χ2v) is 8.67. The van der Waals surface area contributed by atoms with Crippen molar-refractivity contribution in [1.82, 2.24) is 0 Å². The smallest absolute Gasteiger partial charge is 0.0351 e. The molecule has 0 amide bonds. The highest BCUT2D eigenvalue weighted by atomic mass is 14.3. The number of hydrogen-bond donors (Lipinski definition) is 0. The van der Waals surface area contributed by atoms with Crippen LogP contribution in [0.2, 0.25) is 0 Å². The molecule has 2 saturated carbocycles. The van der Waals surface area contributed by atoms with Crippen molar-refractivity contribution >= 4 is 0 Å². The molecule has 0 saturated heterocycles. The van der Waals surface area contributed by atoms with Crippen molar-refractivity contribution in [2.24, 2.45) is 11.8 Å². The first kappa shape index (κ1) is 20.1. The third kappa shape index (κ3) is 9.28. The fourth-order valence-corrected chi connectivity index (χ4v) is 5.03. The summed E-state index contributed by atoms with van der Waals surface area (Å²) in [5.41, 5.74) is 0. The van der Waals surface area contributed by atoms with Crippen LogP contribution in [0.5, 0.6) is 0 Å². The van der Waals surface area contributed by atoms with Crippen molar-refractivity contribution in [3.8, 4) is 0 Å². The maximum absolute atomic E-state index is 2.38. The van der Waals surface area contributed by atoms with E-state index < -0.39 is 0 Å². The van der Waals surface area contributed by atoms with Gasteiger partial charge in [-0.3, -0.25) is 0 Å². The molecule has 0 aliphatic heterocycles. The van der Waals surface area contributed by atoms with Crippen LogP contribution in [0.3, 0.4) is 0 Å². The summed E-state index contributed by atoms with van der Waals surface area (Å²) < 4.78 is 0. The maximum atomic E-state index is 2.38. The van der Waals surface area contributed by atoms with Crippen LogP contribution in [-0.2, 0) is 0 Å². The molecule has 3 rings (SSSR count). The van der Waals surface area contributed by atoms with Crippen molar-refractivity contribution in [2.75, 3.05) is 0 Å². The molecule has 24 heavy (non-hydrogen) atoms. The molecule has 3 aliphatic carbocycles. The van der Waals surface area contributed by atoms with E-state index >= 15 is 0 Å². The van der Waals surface area contributed by atoms with Gasteiger partial charge in [-0.15, -0.1) is 0 Å². The molecular formula is C24H44. The monoisotopic (exact) mass is 332 g/mol. The normalized spacial score (nSPS) is 27.2. The lowest BCUT2D eigenvalue weighted by molar-refractivity contribution is 0.196.